The van der Waals surface area contributed by atoms with Crippen LogP contribution in [-0.2, 0) is 6.42 Å². The molecule has 22 heavy (non-hydrogen) atoms. The van der Waals surface area contributed by atoms with Crippen molar-refractivity contribution in [1.82, 2.24) is 4.90 Å². The Hall–Kier alpha value is -1.33. The van der Waals surface area contributed by atoms with E-state index in [1.165, 1.54) is 10.4 Å². The Morgan fingerprint density at radius 1 is 1.45 bits per heavy atom. The molecular formula is C17H18BrNO2S. The van der Waals surface area contributed by atoms with Gasteiger partial charge in [-0.1, -0.05) is 6.92 Å². The monoisotopic (exact) mass is 379 g/mol. The van der Waals surface area contributed by atoms with Crippen molar-refractivity contribution in [2.24, 2.45) is 0 Å². The first kappa shape index (κ1) is 15.6. The first-order valence-electron chi connectivity index (χ1n) is 7.36. The molecule has 0 radical (unpaired) electrons. The Kier molecular flexibility index (Phi) is 4.54. The first-order valence-corrected chi connectivity index (χ1v) is 9.03. The number of hydrogen-bond acceptors (Lipinski definition) is 3. The summed E-state index contributed by atoms with van der Waals surface area (Å²) in [4.78, 5) is 16.4. The van der Waals surface area contributed by atoms with Gasteiger partial charge in [0.15, 0.2) is 0 Å². The normalized spacial score (nSPS) is 17.2. The van der Waals surface area contributed by atoms with E-state index in [9.17, 15) is 4.79 Å². The summed E-state index contributed by atoms with van der Waals surface area (Å²) in [6.45, 7) is 2.91. The number of nitrogens with zero attached hydrogens (tertiary/aromatic N) is 1. The minimum atomic E-state index is 0.0643. The topological polar surface area (TPSA) is 29.5 Å². The highest BCUT2D eigenvalue weighted by Crippen LogP contribution is 2.37. The standard InChI is InChI=1S/C17H18BrNO2S/c1-3-15-12-7-9-22-16(12)6-8-19(15)17(20)13-10-11(21-2)4-5-14(13)18/h4-5,7,9-10,15H,3,6,8H2,1-2H3. The molecule has 3 nitrogen and oxygen atoms in total. The molecule has 1 aliphatic rings. The number of carbonyl (C=O) groups excluding carboxylic acids is 1. The number of halogens is 1. The zero-order valence-corrected chi connectivity index (χ0v) is 15.0. The lowest BCUT2D eigenvalue weighted by atomic mass is 9.97. The average molecular weight is 380 g/mol. The predicted octanol–water partition coefficient (Wildman–Crippen LogP) is 4.67. The van der Waals surface area contributed by atoms with Gasteiger partial charge in [0.1, 0.15) is 5.75 Å². The maximum atomic E-state index is 13.0. The molecule has 0 spiro atoms. The van der Waals surface area contributed by atoms with Crippen molar-refractivity contribution in [3.8, 4) is 5.75 Å². The van der Waals surface area contributed by atoms with E-state index in [0.717, 1.165) is 23.9 Å². The second-order valence-electron chi connectivity index (χ2n) is 5.32. The van der Waals surface area contributed by atoms with E-state index in [2.05, 4.69) is 34.3 Å². The van der Waals surface area contributed by atoms with Crippen LogP contribution in [0.4, 0.5) is 0 Å². The van der Waals surface area contributed by atoms with E-state index < -0.39 is 0 Å². The molecule has 0 saturated carbocycles. The van der Waals surface area contributed by atoms with Crippen LogP contribution in [0.5, 0.6) is 5.75 Å². The molecule has 0 N–H and O–H groups in total. The lowest BCUT2D eigenvalue weighted by Crippen LogP contribution is -2.39. The molecule has 5 heteroatoms. The first-order chi connectivity index (χ1) is 10.7. The van der Waals surface area contributed by atoms with Gasteiger partial charge in [0.25, 0.3) is 5.91 Å². The van der Waals surface area contributed by atoms with Crippen LogP contribution in [0.3, 0.4) is 0 Å². The van der Waals surface area contributed by atoms with Gasteiger partial charge in [-0.3, -0.25) is 4.79 Å². The Bertz CT molecular complexity index is 698. The zero-order valence-electron chi connectivity index (χ0n) is 12.6. The predicted molar refractivity (Wildman–Crippen MR) is 92.8 cm³/mol. The van der Waals surface area contributed by atoms with E-state index in [1.54, 1.807) is 18.4 Å². The third-order valence-corrected chi connectivity index (χ3v) is 5.83. The van der Waals surface area contributed by atoms with Gasteiger partial charge < -0.3 is 9.64 Å². The van der Waals surface area contributed by atoms with E-state index in [0.29, 0.717) is 11.3 Å². The van der Waals surface area contributed by atoms with Crippen molar-refractivity contribution in [2.75, 3.05) is 13.7 Å². The Morgan fingerprint density at radius 2 is 2.27 bits per heavy atom. The van der Waals surface area contributed by atoms with Crippen molar-refractivity contribution in [3.63, 3.8) is 0 Å². The smallest absolute Gasteiger partial charge is 0.255 e. The highest BCUT2D eigenvalue weighted by Gasteiger charge is 2.31. The fraction of sp³-hybridized carbons (Fsp3) is 0.353. The third kappa shape index (κ3) is 2.68. The summed E-state index contributed by atoms with van der Waals surface area (Å²) in [6, 6.07) is 7.86. The van der Waals surface area contributed by atoms with Crippen molar-refractivity contribution in [3.05, 3.63) is 50.1 Å². The summed E-state index contributed by atoms with van der Waals surface area (Å²) >= 11 is 5.29. The van der Waals surface area contributed by atoms with Gasteiger partial charge in [0.05, 0.1) is 18.7 Å². The van der Waals surface area contributed by atoms with E-state index in [1.807, 2.05) is 23.1 Å². The third-order valence-electron chi connectivity index (χ3n) is 4.15. The van der Waals surface area contributed by atoms with Crippen molar-refractivity contribution >= 4 is 33.2 Å². The number of carbonyl (C=O) groups is 1. The molecule has 1 atom stereocenters. The molecular weight excluding hydrogens is 362 g/mol. The summed E-state index contributed by atoms with van der Waals surface area (Å²) in [5, 5.41) is 2.13. The van der Waals surface area contributed by atoms with Crippen LogP contribution in [0.1, 0.15) is 40.2 Å². The fourth-order valence-electron chi connectivity index (χ4n) is 3.03. The molecule has 116 valence electrons. The second kappa shape index (κ2) is 6.42. The molecule has 1 unspecified atom stereocenters. The summed E-state index contributed by atoms with van der Waals surface area (Å²) in [6.07, 6.45) is 1.87. The molecule has 0 fully saturated rings. The SMILES string of the molecule is CCC1c2ccsc2CCN1C(=O)c1cc(OC)ccc1Br. The Morgan fingerprint density at radius 3 is 3.00 bits per heavy atom. The number of rotatable bonds is 3. The molecule has 1 amide bonds. The minimum Gasteiger partial charge on any atom is -0.497 e. The molecule has 0 aliphatic carbocycles. The highest BCUT2D eigenvalue weighted by atomic mass is 79.9. The summed E-state index contributed by atoms with van der Waals surface area (Å²) < 4.78 is 6.06. The molecule has 0 saturated heterocycles. The summed E-state index contributed by atoms with van der Waals surface area (Å²) in [5.41, 5.74) is 1.97. The van der Waals surface area contributed by atoms with E-state index >= 15 is 0 Å². The maximum Gasteiger partial charge on any atom is 0.255 e. The van der Waals surface area contributed by atoms with Crippen LogP contribution < -0.4 is 4.74 Å². The number of fused-ring (bicyclic) bond motifs is 1. The van der Waals surface area contributed by atoms with Gasteiger partial charge in [-0.15, -0.1) is 11.3 Å². The summed E-state index contributed by atoms with van der Waals surface area (Å²) in [7, 11) is 1.62. The van der Waals surface area contributed by atoms with E-state index in [-0.39, 0.29) is 11.9 Å². The van der Waals surface area contributed by atoms with Crippen LogP contribution in [-0.4, -0.2) is 24.5 Å². The quantitative estimate of drug-likeness (QED) is 0.775. The lowest BCUT2D eigenvalue weighted by Gasteiger charge is -2.35. The van der Waals surface area contributed by atoms with Gasteiger partial charge in [0.2, 0.25) is 0 Å². The number of ether oxygens (including phenoxy) is 1. The van der Waals surface area contributed by atoms with Gasteiger partial charge in [0, 0.05) is 15.9 Å². The van der Waals surface area contributed by atoms with Crippen LogP contribution in [0.25, 0.3) is 0 Å². The van der Waals surface area contributed by atoms with Crippen molar-refractivity contribution in [2.45, 2.75) is 25.8 Å². The molecule has 0 bridgehead atoms. The number of amides is 1. The number of thiophene rings is 1. The van der Waals surface area contributed by atoms with Crippen LogP contribution in [0.15, 0.2) is 34.1 Å². The Labute approximate surface area is 143 Å². The highest BCUT2D eigenvalue weighted by molar-refractivity contribution is 9.10. The molecule has 2 aromatic rings. The Balaban J connectivity index is 1.95. The number of benzene rings is 1. The second-order valence-corrected chi connectivity index (χ2v) is 7.17. The van der Waals surface area contributed by atoms with Gasteiger partial charge in [-0.25, -0.2) is 0 Å². The summed E-state index contributed by atoms with van der Waals surface area (Å²) in [5.74, 6) is 0.766. The largest absolute Gasteiger partial charge is 0.497 e. The lowest BCUT2D eigenvalue weighted by molar-refractivity contribution is 0.0656. The van der Waals surface area contributed by atoms with Crippen LogP contribution in [0.2, 0.25) is 0 Å². The van der Waals surface area contributed by atoms with Crippen LogP contribution >= 0.6 is 27.3 Å². The molecule has 1 aromatic carbocycles. The molecule has 3 rings (SSSR count). The molecule has 2 heterocycles. The zero-order chi connectivity index (χ0) is 15.7. The van der Waals surface area contributed by atoms with Crippen molar-refractivity contribution in [1.29, 1.82) is 0 Å². The number of hydrogen-bond donors (Lipinski definition) is 0. The van der Waals surface area contributed by atoms with Gasteiger partial charge in [-0.2, -0.15) is 0 Å². The van der Waals surface area contributed by atoms with Crippen LogP contribution in [0, 0.1) is 0 Å². The van der Waals surface area contributed by atoms with Crippen molar-refractivity contribution < 1.29 is 9.53 Å². The molecule has 1 aromatic heterocycles. The minimum absolute atomic E-state index is 0.0643. The maximum absolute atomic E-state index is 13.0. The number of methoxy groups -OCH3 is 1. The van der Waals surface area contributed by atoms with E-state index in [4.69, 9.17) is 4.74 Å². The molecule has 1 aliphatic heterocycles. The van der Waals surface area contributed by atoms with Gasteiger partial charge >= 0.3 is 0 Å². The fourth-order valence-corrected chi connectivity index (χ4v) is 4.37. The average Bonchev–Trinajstić information content (AvgIpc) is 3.02. The van der Waals surface area contributed by atoms with Gasteiger partial charge in [-0.05, 0) is 64.0 Å².